The third-order valence-corrected chi connectivity index (χ3v) is 5.92. The molecule has 4 aromatic rings. The van der Waals surface area contributed by atoms with Crippen molar-refractivity contribution >= 4 is 46.9 Å². The van der Waals surface area contributed by atoms with Crippen molar-refractivity contribution in [2.45, 2.75) is 32.6 Å². The smallest absolute Gasteiger partial charge is 0.00204 e. The van der Waals surface area contributed by atoms with E-state index in [-0.39, 0.29) is 5.41 Å². The average molecular weight is 304 g/mol. The quantitative estimate of drug-likeness (QED) is 0.326. The van der Waals surface area contributed by atoms with Gasteiger partial charge < -0.3 is 0 Å². The van der Waals surface area contributed by atoms with Crippen LogP contribution in [-0.4, -0.2) is 0 Å². The normalized spacial score (nSPS) is 12.7. The highest BCUT2D eigenvalue weighted by atomic mass is 31.0. The summed E-state index contributed by atoms with van der Waals surface area (Å²) in [7, 11) is 3.01. The fourth-order valence-corrected chi connectivity index (χ4v) is 4.30. The fourth-order valence-electron chi connectivity index (χ4n) is 3.58. The minimum absolute atomic E-state index is 0.196. The minimum Gasteiger partial charge on any atom is -0.105 e. The van der Waals surface area contributed by atoms with Crippen LogP contribution in [0.3, 0.4) is 0 Å². The molecule has 1 heteroatoms. The van der Waals surface area contributed by atoms with E-state index >= 15 is 0 Å². The van der Waals surface area contributed by atoms with Gasteiger partial charge in [-0.05, 0) is 61.1 Å². The van der Waals surface area contributed by atoms with Crippen LogP contribution in [0.5, 0.6) is 0 Å². The molecular weight excluding hydrogens is 283 g/mol. The molecule has 0 N–H and O–H groups in total. The zero-order valence-electron chi connectivity index (χ0n) is 13.4. The van der Waals surface area contributed by atoms with Crippen LogP contribution in [0.15, 0.2) is 48.5 Å². The van der Waals surface area contributed by atoms with Crippen LogP contribution in [0.2, 0.25) is 0 Å². The molecular formula is C21H21P. The predicted octanol–water partition coefficient (Wildman–Crippen LogP) is 5.77. The summed E-state index contributed by atoms with van der Waals surface area (Å²) in [5, 5.41) is 9.59. The summed E-state index contributed by atoms with van der Waals surface area (Å²) >= 11 is 0. The second kappa shape index (κ2) is 4.67. The highest BCUT2D eigenvalue weighted by Gasteiger charge is 2.23. The first-order chi connectivity index (χ1) is 10.5. The number of benzene rings is 4. The van der Waals surface area contributed by atoms with E-state index in [1.165, 1.54) is 43.2 Å². The molecule has 1 unspecified atom stereocenters. The van der Waals surface area contributed by atoms with Gasteiger partial charge in [-0.2, -0.15) is 0 Å². The van der Waals surface area contributed by atoms with Gasteiger partial charge in [0.25, 0.3) is 0 Å². The third kappa shape index (κ3) is 1.80. The van der Waals surface area contributed by atoms with Crippen molar-refractivity contribution in [3.63, 3.8) is 0 Å². The summed E-state index contributed by atoms with van der Waals surface area (Å²) in [5.41, 5.74) is 1.65. The van der Waals surface area contributed by atoms with Crippen molar-refractivity contribution in [1.82, 2.24) is 0 Å². The maximum Gasteiger partial charge on any atom is -0.00204 e. The summed E-state index contributed by atoms with van der Waals surface area (Å²) in [6, 6.07) is 18.1. The summed E-state index contributed by atoms with van der Waals surface area (Å²) in [4.78, 5) is 0. The van der Waals surface area contributed by atoms with E-state index in [9.17, 15) is 0 Å². The maximum atomic E-state index is 3.01. The van der Waals surface area contributed by atoms with Gasteiger partial charge in [-0.1, -0.05) is 63.2 Å². The Kier molecular flexibility index (Phi) is 2.97. The van der Waals surface area contributed by atoms with Crippen molar-refractivity contribution in [3.05, 3.63) is 54.1 Å². The predicted molar refractivity (Wildman–Crippen MR) is 103 cm³/mol. The van der Waals surface area contributed by atoms with Crippen molar-refractivity contribution in [3.8, 4) is 0 Å². The van der Waals surface area contributed by atoms with Crippen LogP contribution in [0, 0.1) is 0 Å². The van der Waals surface area contributed by atoms with Gasteiger partial charge >= 0.3 is 0 Å². The van der Waals surface area contributed by atoms with Crippen LogP contribution >= 0.6 is 9.24 Å². The Morgan fingerprint density at radius 3 is 2.18 bits per heavy atom. The zero-order valence-corrected chi connectivity index (χ0v) is 14.6. The molecule has 4 aromatic carbocycles. The van der Waals surface area contributed by atoms with E-state index in [0.717, 1.165) is 6.42 Å². The van der Waals surface area contributed by atoms with Crippen LogP contribution in [0.25, 0.3) is 32.3 Å². The molecule has 110 valence electrons. The van der Waals surface area contributed by atoms with Gasteiger partial charge in [0.2, 0.25) is 0 Å². The molecule has 1 atom stereocenters. The third-order valence-electron chi connectivity index (χ3n) is 5.30. The van der Waals surface area contributed by atoms with Gasteiger partial charge in [0.15, 0.2) is 0 Å². The fraction of sp³-hybridized carbons (Fsp3) is 0.238. The topological polar surface area (TPSA) is 0 Å². The first-order valence-electron chi connectivity index (χ1n) is 7.99. The molecule has 0 fully saturated rings. The van der Waals surface area contributed by atoms with Crippen LogP contribution < -0.4 is 5.30 Å². The minimum atomic E-state index is 0.196. The highest BCUT2D eigenvalue weighted by molar-refractivity contribution is 7.28. The molecule has 0 aliphatic heterocycles. The van der Waals surface area contributed by atoms with Crippen molar-refractivity contribution in [2.24, 2.45) is 0 Å². The lowest BCUT2D eigenvalue weighted by Gasteiger charge is -2.27. The summed E-state index contributed by atoms with van der Waals surface area (Å²) in [6.45, 7) is 6.95. The second-order valence-electron chi connectivity index (χ2n) is 6.93. The second-order valence-corrected chi connectivity index (χ2v) is 7.51. The molecule has 0 saturated carbocycles. The first kappa shape index (κ1) is 14.0. The van der Waals surface area contributed by atoms with E-state index in [4.69, 9.17) is 0 Å². The Hall–Kier alpha value is -1.65. The van der Waals surface area contributed by atoms with Gasteiger partial charge in [-0.3, -0.25) is 0 Å². The Bertz CT molecular complexity index is 979. The van der Waals surface area contributed by atoms with Gasteiger partial charge in [-0.25, -0.2) is 0 Å². The van der Waals surface area contributed by atoms with Crippen molar-refractivity contribution in [1.29, 1.82) is 0 Å². The van der Waals surface area contributed by atoms with E-state index in [0.29, 0.717) is 0 Å². The first-order valence-corrected chi connectivity index (χ1v) is 8.57. The highest BCUT2D eigenvalue weighted by Crippen LogP contribution is 2.38. The summed E-state index contributed by atoms with van der Waals surface area (Å²) in [5.74, 6) is 0. The number of hydrogen-bond donors (Lipinski definition) is 0. The molecule has 0 nitrogen and oxygen atoms in total. The molecule has 4 rings (SSSR count). The van der Waals surface area contributed by atoms with E-state index in [1.54, 1.807) is 0 Å². The summed E-state index contributed by atoms with van der Waals surface area (Å²) < 4.78 is 0. The molecule has 0 aromatic heterocycles. The lowest BCUT2D eigenvalue weighted by molar-refractivity contribution is 0.510. The monoisotopic (exact) mass is 304 g/mol. The van der Waals surface area contributed by atoms with Gasteiger partial charge in [0.1, 0.15) is 0 Å². The zero-order chi connectivity index (χ0) is 15.5. The Morgan fingerprint density at radius 1 is 0.864 bits per heavy atom. The van der Waals surface area contributed by atoms with Crippen LogP contribution in [-0.2, 0) is 5.41 Å². The van der Waals surface area contributed by atoms with Crippen molar-refractivity contribution in [2.75, 3.05) is 0 Å². The van der Waals surface area contributed by atoms with E-state index in [1.807, 2.05) is 0 Å². The summed E-state index contributed by atoms with van der Waals surface area (Å²) in [6.07, 6.45) is 1.14. The van der Waals surface area contributed by atoms with Crippen molar-refractivity contribution < 1.29 is 0 Å². The Morgan fingerprint density at radius 2 is 1.50 bits per heavy atom. The Labute approximate surface area is 134 Å². The largest absolute Gasteiger partial charge is 0.105 e. The molecule has 0 spiro atoms. The molecule has 0 saturated heterocycles. The number of hydrogen-bond acceptors (Lipinski definition) is 0. The molecule has 0 heterocycles. The lowest BCUT2D eigenvalue weighted by atomic mass is 9.80. The van der Waals surface area contributed by atoms with Crippen LogP contribution in [0.4, 0.5) is 0 Å². The average Bonchev–Trinajstić information content (AvgIpc) is 2.54. The van der Waals surface area contributed by atoms with Crippen LogP contribution in [0.1, 0.15) is 32.8 Å². The van der Waals surface area contributed by atoms with Gasteiger partial charge in [0, 0.05) is 0 Å². The molecule has 0 amide bonds. The van der Waals surface area contributed by atoms with E-state index < -0.39 is 0 Å². The van der Waals surface area contributed by atoms with E-state index in [2.05, 4.69) is 78.5 Å². The molecule has 0 bridgehead atoms. The SMILES string of the molecule is CCC(C)(C)c1cc2ccc3cccc4ccc(c1P)c2c34. The molecule has 22 heavy (non-hydrogen) atoms. The number of rotatable bonds is 2. The standard InChI is InChI=1S/C21H21P/c1-4-21(2,3)17-12-15-9-8-13-6-5-7-14-10-11-16(20(17)22)19(15)18(13)14/h5-12H,4,22H2,1-3H3. The van der Waals surface area contributed by atoms with Gasteiger partial charge in [-0.15, -0.1) is 9.24 Å². The maximum absolute atomic E-state index is 3.01. The molecule has 0 radical (unpaired) electrons. The molecule has 0 aliphatic carbocycles. The van der Waals surface area contributed by atoms with Gasteiger partial charge in [0.05, 0.1) is 0 Å². The Balaban J connectivity index is 2.24. The lowest BCUT2D eigenvalue weighted by Crippen LogP contribution is -2.22. The molecule has 0 aliphatic rings.